The van der Waals surface area contributed by atoms with Gasteiger partial charge < -0.3 is 15.6 Å². The smallest absolute Gasteiger partial charge is 0.164 e. The molecule has 3 N–H and O–H groups in total. The van der Waals surface area contributed by atoms with E-state index in [1.54, 1.807) is 0 Å². The van der Waals surface area contributed by atoms with Crippen molar-refractivity contribution in [3.05, 3.63) is 60.4 Å². The van der Waals surface area contributed by atoms with Crippen molar-refractivity contribution in [3.8, 4) is 22.8 Å². The summed E-state index contributed by atoms with van der Waals surface area (Å²) >= 11 is 0. The van der Waals surface area contributed by atoms with Gasteiger partial charge in [-0.15, -0.1) is 0 Å². The molecule has 1 aliphatic rings. The SMILES string of the molecule is Nc1ncnc2c1c(-c1ccccc1Oc1ccc(CO)cc1)nn2C1CCCC1. The maximum Gasteiger partial charge on any atom is 0.164 e. The summed E-state index contributed by atoms with van der Waals surface area (Å²) in [5, 5.41) is 15.0. The molecule has 7 heteroatoms. The van der Waals surface area contributed by atoms with E-state index in [9.17, 15) is 5.11 Å². The number of hydrogen-bond acceptors (Lipinski definition) is 6. The van der Waals surface area contributed by atoms with E-state index in [1.807, 2.05) is 53.2 Å². The Hall–Kier alpha value is -3.45. The molecule has 0 radical (unpaired) electrons. The highest BCUT2D eigenvalue weighted by molar-refractivity contribution is 5.99. The third-order valence-electron chi connectivity index (χ3n) is 5.66. The second-order valence-corrected chi connectivity index (χ2v) is 7.59. The first kappa shape index (κ1) is 18.6. The fourth-order valence-corrected chi connectivity index (χ4v) is 4.13. The maximum atomic E-state index is 9.25. The molecule has 1 saturated carbocycles. The van der Waals surface area contributed by atoms with Crippen LogP contribution in [0.3, 0.4) is 0 Å². The second kappa shape index (κ2) is 7.76. The molecule has 0 atom stereocenters. The van der Waals surface area contributed by atoms with E-state index in [1.165, 1.54) is 19.2 Å². The van der Waals surface area contributed by atoms with Gasteiger partial charge in [-0.25, -0.2) is 14.6 Å². The number of anilines is 1. The molecule has 1 aliphatic carbocycles. The van der Waals surface area contributed by atoms with Crippen LogP contribution in [0.5, 0.6) is 11.5 Å². The van der Waals surface area contributed by atoms with Crippen LogP contribution in [-0.2, 0) is 6.61 Å². The maximum absolute atomic E-state index is 9.25. The molecule has 0 amide bonds. The second-order valence-electron chi connectivity index (χ2n) is 7.59. The Morgan fingerprint density at radius 3 is 2.57 bits per heavy atom. The number of fused-ring (bicyclic) bond motifs is 1. The molecule has 4 aromatic rings. The first-order valence-electron chi connectivity index (χ1n) is 10.2. The average Bonchev–Trinajstić information content (AvgIpc) is 3.43. The van der Waals surface area contributed by atoms with Crippen LogP contribution in [0.1, 0.15) is 37.3 Å². The predicted molar refractivity (Wildman–Crippen MR) is 115 cm³/mol. The van der Waals surface area contributed by atoms with Crippen molar-refractivity contribution >= 4 is 16.9 Å². The summed E-state index contributed by atoms with van der Waals surface area (Å²) in [6, 6.07) is 15.5. The molecule has 30 heavy (non-hydrogen) atoms. The van der Waals surface area contributed by atoms with Crippen LogP contribution >= 0.6 is 0 Å². The molecule has 0 saturated heterocycles. The number of hydrogen-bond donors (Lipinski definition) is 2. The molecule has 2 aromatic carbocycles. The van der Waals surface area contributed by atoms with Gasteiger partial charge in [-0.3, -0.25) is 0 Å². The highest BCUT2D eigenvalue weighted by Gasteiger charge is 2.25. The Morgan fingerprint density at radius 2 is 1.80 bits per heavy atom. The van der Waals surface area contributed by atoms with Crippen molar-refractivity contribution in [3.63, 3.8) is 0 Å². The molecule has 0 unspecified atom stereocenters. The lowest BCUT2D eigenvalue weighted by atomic mass is 10.1. The number of ether oxygens (including phenoxy) is 1. The van der Waals surface area contributed by atoms with Crippen molar-refractivity contribution in [2.75, 3.05) is 5.73 Å². The monoisotopic (exact) mass is 401 g/mol. The Morgan fingerprint density at radius 1 is 1.03 bits per heavy atom. The molecule has 2 aromatic heterocycles. The lowest BCUT2D eigenvalue weighted by molar-refractivity contribution is 0.281. The first-order chi connectivity index (χ1) is 14.7. The van der Waals surface area contributed by atoms with Gasteiger partial charge in [0.25, 0.3) is 0 Å². The minimum absolute atomic E-state index is 0.000729. The summed E-state index contributed by atoms with van der Waals surface area (Å²) < 4.78 is 8.19. The molecule has 0 aliphatic heterocycles. The molecule has 152 valence electrons. The first-order valence-corrected chi connectivity index (χ1v) is 10.2. The van der Waals surface area contributed by atoms with Gasteiger partial charge in [-0.05, 0) is 42.7 Å². The number of para-hydroxylation sites is 1. The molecular formula is C23H23N5O2. The van der Waals surface area contributed by atoms with E-state index in [0.29, 0.717) is 23.4 Å². The van der Waals surface area contributed by atoms with Gasteiger partial charge in [0.1, 0.15) is 29.3 Å². The normalized spacial score (nSPS) is 14.4. The van der Waals surface area contributed by atoms with Crippen molar-refractivity contribution in [2.45, 2.75) is 38.3 Å². The van der Waals surface area contributed by atoms with Crippen LogP contribution in [0.25, 0.3) is 22.3 Å². The third-order valence-corrected chi connectivity index (χ3v) is 5.66. The quantitative estimate of drug-likeness (QED) is 0.512. The summed E-state index contributed by atoms with van der Waals surface area (Å²) in [7, 11) is 0. The fraction of sp³-hybridized carbons (Fsp3) is 0.261. The summed E-state index contributed by atoms with van der Waals surface area (Å²) in [5.74, 6) is 1.78. The predicted octanol–water partition coefficient (Wildman–Crippen LogP) is 4.48. The highest BCUT2D eigenvalue weighted by atomic mass is 16.5. The van der Waals surface area contributed by atoms with E-state index in [4.69, 9.17) is 15.6 Å². The molecule has 0 bridgehead atoms. The zero-order valence-electron chi connectivity index (χ0n) is 16.5. The van der Waals surface area contributed by atoms with E-state index in [0.717, 1.165) is 40.7 Å². The topological polar surface area (TPSA) is 99.1 Å². The number of aromatic nitrogens is 4. The molecule has 5 rings (SSSR count). The van der Waals surface area contributed by atoms with Crippen LogP contribution < -0.4 is 10.5 Å². The van der Waals surface area contributed by atoms with Crippen molar-refractivity contribution in [2.24, 2.45) is 0 Å². The van der Waals surface area contributed by atoms with Crippen molar-refractivity contribution in [1.29, 1.82) is 0 Å². The average molecular weight is 401 g/mol. The van der Waals surface area contributed by atoms with E-state index in [2.05, 4.69) is 9.97 Å². The van der Waals surface area contributed by atoms with Gasteiger partial charge in [-0.2, -0.15) is 5.10 Å². The van der Waals surface area contributed by atoms with E-state index < -0.39 is 0 Å². The van der Waals surface area contributed by atoms with E-state index >= 15 is 0 Å². The van der Waals surface area contributed by atoms with Crippen molar-refractivity contribution < 1.29 is 9.84 Å². The number of rotatable bonds is 5. The van der Waals surface area contributed by atoms with Gasteiger partial charge in [0.05, 0.1) is 18.0 Å². The largest absolute Gasteiger partial charge is 0.457 e. The Bertz CT molecular complexity index is 1180. The minimum atomic E-state index is 0.000729. The van der Waals surface area contributed by atoms with Gasteiger partial charge in [-0.1, -0.05) is 37.1 Å². The summed E-state index contributed by atoms with van der Waals surface area (Å²) in [4.78, 5) is 8.73. The zero-order chi connectivity index (χ0) is 20.5. The molecular weight excluding hydrogens is 378 g/mol. The molecule has 0 spiro atoms. The summed E-state index contributed by atoms with van der Waals surface area (Å²) in [6.45, 7) is 0.000729. The number of nitrogens with zero attached hydrogens (tertiary/aromatic N) is 4. The molecule has 1 fully saturated rings. The summed E-state index contributed by atoms with van der Waals surface area (Å²) in [5.41, 5.74) is 9.45. The van der Waals surface area contributed by atoms with Crippen LogP contribution in [0.2, 0.25) is 0 Å². The zero-order valence-corrected chi connectivity index (χ0v) is 16.5. The van der Waals surface area contributed by atoms with Crippen molar-refractivity contribution in [1.82, 2.24) is 19.7 Å². The number of aliphatic hydroxyl groups excluding tert-OH is 1. The van der Waals surface area contributed by atoms with Gasteiger partial charge >= 0.3 is 0 Å². The van der Waals surface area contributed by atoms with E-state index in [-0.39, 0.29) is 6.61 Å². The van der Waals surface area contributed by atoms with Gasteiger partial charge in [0, 0.05) is 5.56 Å². The fourth-order valence-electron chi connectivity index (χ4n) is 4.13. The van der Waals surface area contributed by atoms with Crippen LogP contribution in [0, 0.1) is 0 Å². The number of nitrogens with two attached hydrogens (primary N) is 1. The lowest BCUT2D eigenvalue weighted by Gasteiger charge is -2.11. The third kappa shape index (κ3) is 3.27. The van der Waals surface area contributed by atoms with Crippen LogP contribution in [0.4, 0.5) is 5.82 Å². The van der Waals surface area contributed by atoms with Gasteiger partial charge in [0.15, 0.2) is 5.65 Å². The van der Waals surface area contributed by atoms with Gasteiger partial charge in [0.2, 0.25) is 0 Å². The van der Waals surface area contributed by atoms with Crippen LogP contribution in [0.15, 0.2) is 54.9 Å². The Kier molecular flexibility index (Phi) is 4.80. The summed E-state index contributed by atoms with van der Waals surface area (Å²) in [6.07, 6.45) is 6.08. The molecule has 2 heterocycles. The standard InChI is InChI=1S/C23H23N5O2/c24-22-20-21(27-28(16-5-1-2-6-16)23(20)26-14-25-22)18-7-3-4-8-19(18)30-17-11-9-15(13-29)10-12-17/h3-4,7-12,14,16,29H,1-2,5-6,13H2,(H2,24,25,26). The Labute approximate surface area is 174 Å². The lowest BCUT2D eigenvalue weighted by Crippen LogP contribution is -2.07. The number of benzene rings is 2. The minimum Gasteiger partial charge on any atom is -0.457 e. The number of aliphatic hydroxyl groups is 1. The molecule has 7 nitrogen and oxygen atoms in total. The Balaban J connectivity index is 1.62. The van der Waals surface area contributed by atoms with Crippen LogP contribution in [-0.4, -0.2) is 24.9 Å². The highest BCUT2D eigenvalue weighted by Crippen LogP contribution is 2.40. The number of nitrogen functional groups attached to an aromatic ring is 1.